The number of hydrogen-bond acceptors (Lipinski definition) is 6. The van der Waals surface area contributed by atoms with Crippen molar-refractivity contribution in [1.29, 1.82) is 0 Å². The van der Waals surface area contributed by atoms with Crippen molar-refractivity contribution in [3.63, 3.8) is 0 Å². The van der Waals surface area contributed by atoms with E-state index in [1.54, 1.807) is 0 Å². The lowest BCUT2D eigenvalue weighted by Crippen LogP contribution is -2.41. The summed E-state index contributed by atoms with van der Waals surface area (Å²) < 4.78 is 17.0. The molecule has 0 amide bonds. The lowest BCUT2D eigenvalue weighted by atomic mass is 9.92. The van der Waals surface area contributed by atoms with Gasteiger partial charge in [-0.3, -0.25) is 0 Å². The third kappa shape index (κ3) is 11.7. The highest BCUT2D eigenvalue weighted by atomic mass is 32.1. The number of hydrogen-bond donors (Lipinski definition) is 3. The number of thiol groups is 2. The van der Waals surface area contributed by atoms with Crippen LogP contribution in [0.3, 0.4) is 0 Å². The van der Waals surface area contributed by atoms with E-state index < -0.39 is 5.41 Å². The Morgan fingerprint density at radius 1 is 0.810 bits per heavy atom. The van der Waals surface area contributed by atoms with Gasteiger partial charge in [0.05, 0.1) is 31.8 Å². The van der Waals surface area contributed by atoms with Gasteiger partial charge in [0.1, 0.15) is 0 Å². The largest absolute Gasteiger partial charge is 0.396 e. The fraction of sp³-hybridized carbons (Fsp3) is 1.00. The van der Waals surface area contributed by atoms with E-state index in [1.165, 1.54) is 0 Å². The molecule has 4 nitrogen and oxygen atoms in total. The van der Waals surface area contributed by atoms with Crippen molar-refractivity contribution in [2.24, 2.45) is 5.41 Å². The van der Waals surface area contributed by atoms with Crippen molar-refractivity contribution in [3.8, 4) is 0 Å². The van der Waals surface area contributed by atoms with Crippen molar-refractivity contribution in [1.82, 2.24) is 0 Å². The maximum absolute atomic E-state index is 9.78. The van der Waals surface area contributed by atoms with E-state index in [1.807, 2.05) is 0 Å². The van der Waals surface area contributed by atoms with Crippen molar-refractivity contribution in [2.75, 3.05) is 57.8 Å². The Labute approximate surface area is 140 Å². The first-order valence-electron chi connectivity index (χ1n) is 7.80. The van der Waals surface area contributed by atoms with Gasteiger partial charge < -0.3 is 19.3 Å². The van der Waals surface area contributed by atoms with E-state index >= 15 is 0 Å². The van der Waals surface area contributed by atoms with E-state index in [9.17, 15) is 5.11 Å². The van der Waals surface area contributed by atoms with Crippen LogP contribution >= 0.6 is 25.3 Å². The first-order valence-corrected chi connectivity index (χ1v) is 9.07. The van der Waals surface area contributed by atoms with E-state index in [0.717, 1.165) is 37.2 Å². The predicted molar refractivity (Wildman–Crippen MR) is 93.8 cm³/mol. The quantitative estimate of drug-likeness (QED) is 0.298. The van der Waals surface area contributed by atoms with Gasteiger partial charge in [0.25, 0.3) is 0 Å². The first-order chi connectivity index (χ1) is 10.2. The summed E-state index contributed by atoms with van der Waals surface area (Å²) in [5.41, 5.74) is -0.471. The number of aliphatic hydroxyl groups is 1. The molecule has 21 heavy (non-hydrogen) atoms. The molecule has 0 saturated carbocycles. The Kier molecular flexibility index (Phi) is 15.8. The van der Waals surface area contributed by atoms with Crippen molar-refractivity contribution in [2.45, 2.75) is 32.6 Å². The Bertz CT molecular complexity index is 187. The molecule has 0 aliphatic carbocycles. The Morgan fingerprint density at radius 2 is 1.24 bits per heavy atom. The summed E-state index contributed by atoms with van der Waals surface area (Å²) in [4.78, 5) is 0. The molecule has 0 aromatic rings. The van der Waals surface area contributed by atoms with Crippen LogP contribution in [0.1, 0.15) is 32.6 Å². The van der Waals surface area contributed by atoms with Crippen molar-refractivity contribution in [3.05, 3.63) is 0 Å². The van der Waals surface area contributed by atoms with Crippen LogP contribution in [0.5, 0.6) is 0 Å². The monoisotopic (exact) mass is 340 g/mol. The molecule has 0 fully saturated rings. The highest BCUT2D eigenvalue weighted by Crippen LogP contribution is 2.19. The number of aliphatic hydroxyl groups excluding tert-OH is 1. The normalized spacial score (nSPS) is 12.0. The molecule has 0 spiro atoms. The molecule has 0 aliphatic heterocycles. The van der Waals surface area contributed by atoms with Gasteiger partial charge in [-0.2, -0.15) is 25.3 Å². The average Bonchev–Trinajstić information content (AvgIpc) is 2.51. The maximum atomic E-state index is 9.78. The second kappa shape index (κ2) is 15.4. The lowest BCUT2D eigenvalue weighted by Gasteiger charge is -2.31. The number of unbranched alkanes of at least 4 members (excludes halogenated alkanes) is 1. The van der Waals surface area contributed by atoms with Crippen LogP contribution in [0.25, 0.3) is 0 Å². The summed E-state index contributed by atoms with van der Waals surface area (Å²) in [5, 5.41) is 9.78. The molecule has 0 rings (SSSR count). The molecule has 0 aliphatic rings. The van der Waals surface area contributed by atoms with Gasteiger partial charge >= 0.3 is 0 Å². The Hall–Kier alpha value is 0.540. The van der Waals surface area contributed by atoms with Gasteiger partial charge in [-0.1, -0.05) is 13.3 Å². The number of rotatable bonds is 16. The maximum Gasteiger partial charge on any atom is 0.0635 e. The molecule has 0 unspecified atom stereocenters. The topological polar surface area (TPSA) is 47.9 Å². The van der Waals surface area contributed by atoms with Crippen LogP contribution in [0.4, 0.5) is 0 Å². The molecule has 1 N–H and O–H groups in total. The number of ether oxygens (including phenoxy) is 3. The van der Waals surface area contributed by atoms with Gasteiger partial charge in [0.15, 0.2) is 0 Å². The summed E-state index contributed by atoms with van der Waals surface area (Å²) in [6.07, 6.45) is 3.94. The first kappa shape index (κ1) is 21.5. The molecule has 128 valence electrons. The van der Waals surface area contributed by atoms with Crippen LogP contribution in [0, 0.1) is 5.41 Å². The molecule has 0 heterocycles. The predicted octanol–water partition coefficient (Wildman–Crippen LogP) is 2.45. The zero-order valence-corrected chi connectivity index (χ0v) is 15.0. The van der Waals surface area contributed by atoms with E-state index in [-0.39, 0.29) is 6.61 Å². The Morgan fingerprint density at radius 3 is 1.57 bits per heavy atom. The van der Waals surface area contributed by atoms with Gasteiger partial charge in [0.2, 0.25) is 0 Å². The van der Waals surface area contributed by atoms with Crippen molar-refractivity contribution >= 4 is 25.3 Å². The minimum absolute atomic E-state index is 0.000868. The summed E-state index contributed by atoms with van der Waals surface area (Å²) in [6, 6.07) is 0. The molecule has 0 atom stereocenters. The van der Waals surface area contributed by atoms with Crippen LogP contribution in [-0.2, 0) is 14.2 Å². The van der Waals surface area contributed by atoms with Crippen LogP contribution in [0.15, 0.2) is 0 Å². The standard InChI is InChI=1S/C15H32O4S2/c1-2-3-6-17-12-15(11-16,13-18-7-4-9-20)14-19-8-5-10-21/h16,20-21H,2-14H2,1H3. The van der Waals surface area contributed by atoms with Gasteiger partial charge in [0, 0.05) is 19.8 Å². The summed E-state index contributed by atoms with van der Waals surface area (Å²) >= 11 is 8.32. The smallest absolute Gasteiger partial charge is 0.0635 e. The SMILES string of the molecule is CCCCOCC(CO)(COCCCS)COCCCS. The Balaban J connectivity index is 4.22. The molecule has 0 aromatic heterocycles. The highest BCUT2D eigenvalue weighted by Gasteiger charge is 2.31. The third-order valence-electron chi connectivity index (χ3n) is 3.10. The van der Waals surface area contributed by atoms with Gasteiger partial charge in [-0.15, -0.1) is 0 Å². The summed E-state index contributed by atoms with van der Waals surface area (Å²) in [7, 11) is 0. The highest BCUT2D eigenvalue weighted by molar-refractivity contribution is 7.80. The minimum Gasteiger partial charge on any atom is -0.396 e. The molecular weight excluding hydrogens is 308 g/mol. The molecule has 0 saturated heterocycles. The third-order valence-corrected chi connectivity index (χ3v) is 3.73. The lowest BCUT2D eigenvalue weighted by molar-refractivity contribution is -0.0927. The zero-order valence-electron chi connectivity index (χ0n) is 13.3. The average molecular weight is 341 g/mol. The summed E-state index contributed by atoms with van der Waals surface area (Å²) in [5.74, 6) is 1.61. The molecule has 6 heteroatoms. The second-order valence-electron chi connectivity index (χ2n) is 5.32. The molecule has 0 aromatic carbocycles. The molecular formula is C15H32O4S2. The summed E-state index contributed by atoms with van der Waals surface area (Å²) in [6.45, 7) is 5.50. The van der Waals surface area contributed by atoms with Crippen LogP contribution < -0.4 is 0 Å². The van der Waals surface area contributed by atoms with Crippen LogP contribution in [-0.4, -0.2) is 62.9 Å². The van der Waals surface area contributed by atoms with E-state index in [4.69, 9.17) is 14.2 Å². The fourth-order valence-electron chi connectivity index (χ4n) is 1.71. The van der Waals surface area contributed by atoms with Gasteiger partial charge in [-0.05, 0) is 30.8 Å². The molecule has 0 bridgehead atoms. The van der Waals surface area contributed by atoms with Crippen LogP contribution in [0.2, 0.25) is 0 Å². The molecule has 0 radical (unpaired) electrons. The minimum atomic E-state index is -0.471. The van der Waals surface area contributed by atoms with Gasteiger partial charge in [-0.25, -0.2) is 0 Å². The fourth-order valence-corrected chi connectivity index (χ4v) is 1.97. The van der Waals surface area contributed by atoms with Crippen molar-refractivity contribution < 1.29 is 19.3 Å². The zero-order chi connectivity index (χ0) is 15.8. The van der Waals surface area contributed by atoms with E-state index in [2.05, 4.69) is 32.2 Å². The van der Waals surface area contributed by atoms with E-state index in [0.29, 0.717) is 39.6 Å². The second-order valence-corrected chi connectivity index (χ2v) is 6.22.